The maximum absolute atomic E-state index is 12.6. The topological polar surface area (TPSA) is 71.3 Å². The summed E-state index contributed by atoms with van der Waals surface area (Å²) < 4.78 is 5.26. The van der Waals surface area contributed by atoms with Crippen molar-refractivity contribution in [3.8, 4) is 0 Å². The molecule has 6 nitrogen and oxygen atoms in total. The van der Waals surface area contributed by atoms with Crippen LogP contribution in [0.15, 0.2) is 22.0 Å². The van der Waals surface area contributed by atoms with Crippen LogP contribution in [0.4, 0.5) is 4.79 Å². The van der Waals surface area contributed by atoms with Crippen LogP contribution in [0.1, 0.15) is 61.0 Å². The van der Waals surface area contributed by atoms with E-state index in [2.05, 4.69) is 33.0 Å². The van der Waals surface area contributed by atoms with Gasteiger partial charge in [0.1, 0.15) is 0 Å². The monoisotopic (exact) mass is 374 g/mol. The molecular formula is C19H26N4O2S. The number of hydrogen-bond acceptors (Lipinski definition) is 5. The summed E-state index contributed by atoms with van der Waals surface area (Å²) in [6.07, 6.45) is 8.44. The molecule has 0 bridgehead atoms. The van der Waals surface area contributed by atoms with E-state index in [4.69, 9.17) is 4.52 Å². The van der Waals surface area contributed by atoms with Crippen molar-refractivity contribution < 1.29 is 9.32 Å². The molecule has 2 fully saturated rings. The molecule has 2 amide bonds. The lowest BCUT2D eigenvalue weighted by molar-refractivity contribution is 0.147. The van der Waals surface area contributed by atoms with Crippen molar-refractivity contribution in [2.45, 2.75) is 63.3 Å². The highest BCUT2D eigenvalue weighted by atomic mass is 32.1. The maximum Gasteiger partial charge on any atom is 0.317 e. The quantitative estimate of drug-likeness (QED) is 0.801. The van der Waals surface area contributed by atoms with Gasteiger partial charge in [0.15, 0.2) is 5.82 Å². The average molecular weight is 375 g/mol. The Balaban J connectivity index is 1.24. The van der Waals surface area contributed by atoms with Crippen LogP contribution in [0.2, 0.25) is 0 Å². The van der Waals surface area contributed by atoms with Crippen molar-refractivity contribution >= 4 is 17.4 Å². The van der Waals surface area contributed by atoms with Gasteiger partial charge in [0.05, 0.1) is 0 Å². The summed E-state index contributed by atoms with van der Waals surface area (Å²) in [6, 6.07) is 4.67. The summed E-state index contributed by atoms with van der Waals surface area (Å²) >= 11 is 1.80. The zero-order valence-electron chi connectivity index (χ0n) is 15.0. The molecule has 2 aromatic heterocycles. The molecule has 1 atom stereocenters. The van der Waals surface area contributed by atoms with E-state index in [0.29, 0.717) is 30.7 Å². The first kappa shape index (κ1) is 17.5. The summed E-state index contributed by atoms with van der Waals surface area (Å²) in [6.45, 7) is 1.41. The number of hydrogen-bond donors (Lipinski definition) is 1. The molecule has 1 aliphatic carbocycles. The standard InChI is InChI=1S/C19H26N4O2S/c24-19(20-11-10-17-21-18(25-22-17)14-6-7-14)23-12-2-1-4-15(23)8-9-16-5-3-13-26-16/h3,5,13-15H,1-2,4,6-12H2,(H,20,24)/t15-/m1/s1. The van der Waals surface area contributed by atoms with Gasteiger partial charge < -0.3 is 14.7 Å². The van der Waals surface area contributed by atoms with Gasteiger partial charge in [-0.3, -0.25) is 0 Å². The highest BCUT2D eigenvalue weighted by Crippen LogP contribution is 2.38. The van der Waals surface area contributed by atoms with Gasteiger partial charge in [0, 0.05) is 36.3 Å². The van der Waals surface area contributed by atoms with E-state index < -0.39 is 0 Å². The van der Waals surface area contributed by atoms with Gasteiger partial charge in [0.2, 0.25) is 5.89 Å². The smallest absolute Gasteiger partial charge is 0.317 e. The molecule has 7 heteroatoms. The largest absolute Gasteiger partial charge is 0.339 e. The summed E-state index contributed by atoms with van der Waals surface area (Å²) in [5, 5.41) is 9.17. The third-order valence-electron chi connectivity index (χ3n) is 5.23. The predicted molar refractivity (Wildman–Crippen MR) is 100 cm³/mol. The van der Waals surface area contributed by atoms with Crippen molar-refractivity contribution in [1.82, 2.24) is 20.4 Å². The Morgan fingerprint density at radius 3 is 3.04 bits per heavy atom. The van der Waals surface area contributed by atoms with Crippen molar-refractivity contribution in [2.75, 3.05) is 13.1 Å². The molecule has 4 rings (SSSR count). The number of nitrogens with one attached hydrogen (secondary N) is 1. The van der Waals surface area contributed by atoms with Crippen molar-refractivity contribution in [3.63, 3.8) is 0 Å². The molecule has 0 unspecified atom stereocenters. The van der Waals surface area contributed by atoms with Crippen LogP contribution < -0.4 is 5.32 Å². The van der Waals surface area contributed by atoms with E-state index in [1.807, 2.05) is 4.90 Å². The van der Waals surface area contributed by atoms with Gasteiger partial charge in [-0.1, -0.05) is 11.2 Å². The molecule has 1 aliphatic heterocycles. The van der Waals surface area contributed by atoms with E-state index in [1.54, 1.807) is 11.3 Å². The van der Waals surface area contributed by atoms with Crippen molar-refractivity contribution in [1.29, 1.82) is 0 Å². The summed E-state index contributed by atoms with van der Waals surface area (Å²) in [7, 11) is 0. The highest BCUT2D eigenvalue weighted by Gasteiger charge is 2.30. The third kappa shape index (κ3) is 4.44. The van der Waals surface area contributed by atoms with Crippen LogP contribution in [0.3, 0.4) is 0 Å². The first-order valence-electron chi connectivity index (χ1n) is 9.69. The van der Waals surface area contributed by atoms with Gasteiger partial charge in [-0.2, -0.15) is 4.98 Å². The fourth-order valence-electron chi connectivity index (χ4n) is 3.58. The normalized spacial score (nSPS) is 20.3. The lowest BCUT2D eigenvalue weighted by atomic mass is 9.98. The summed E-state index contributed by atoms with van der Waals surface area (Å²) in [5.41, 5.74) is 0. The van der Waals surface area contributed by atoms with Crippen LogP contribution in [0.5, 0.6) is 0 Å². The minimum Gasteiger partial charge on any atom is -0.339 e. The number of rotatable bonds is 7. The Morgan fingerprint density at radius 1 is 1.31 bits per heavy atom. The number of aryl methyl sites for hydroxylation is 1. The van der Waals surface area contributed by atoms with Gasteiger partial charge in [0.25, 0.3) is 0 Å². The van der Waals surface area contributed by atoms with Crippen molar-refractivity contribution in [3.05, 3.63) is 34.1 Å². The van der Waals surface area contributed by atoms with Crippen LogP contribution in [-0.2, 0) is 12.8 Å². The minimum atomic E-state index is 0.0480. The van der Waals surface area contributed by atoms with Gasteiger partial charge in [-0.25, -0.2) is 4.79 Å². The molecule has 0 spiro atoms. The second-order valence-corrected chi connectivity index (χ2v) is 8.30. The first-order chi connectivity index (χ1) is 12.8. The van der Waals surface area contributed by atoms with E-state index in [0.717, 1.165) is 51.0 Å². The fraction of sp³-hybridized carbons (Fsp3) is 0.632. The Kier molecular flexibility index (Phi) is 5.53. The van der Waals surface area contributed by atoms with E-state index >= 15 is 0 Å². The summed E-state index contributed by atoms with van der Waals surface area (Å²) in [5.74, 6) is 1.93. The van der Waals surface area contributed by atoms with E-state index in [9.17, 15) is 4.79 Å². The van der Waals surface area contributed by atoms with Gasteiger partial charge in [-0.05, 0) is 56.4 Å². The van der Waals surface area contributed by atoms with Crippen LogP contribution in [0.25, 0.3) is 0 Å². The molecule has 2 aromatic rings. The lowest BCUT2D eigenvalue weighted by Gasteiger charge is -2.35. The molecular weight excluding hydrogens is 348 g/mol. The van der Waals surface area contributed by atoms with E-state index in [1.165, 1.54) is 11.3 Å². The molecule has 1 saturated carbocycles. The number of urea groups is 1. The van der Waals surface area contributed by atoms with Crippen molar-refractivity contribution in [2.24, 2.45) is 0 Å². The molecule has 26 heavy (non-hydrogen) atoms. The van der Waals surface area contributed by atoms with E-state index in [-0.39, 0.29) is 6.03 Å². The number of thiophene rings is 1. The Labute approximate surface area is 158 Å². The molecule has 3 heterocycles. The number of aromatic nitrogens is 2. The van der Waals surface area contributed by atoms with Gasteiger partial charge >= 0.3 is 6.03 Å². The second kappa shape index (κ2) is 8.20. The minimum absolute atomic E-state index is 0.0480. The zero-order chi connectivity index (χ0) is 17.8. The molecule has 140 valence electrons. The number of carbonyl (C=O) groups excluding carboxylic acids is 1. The number of amides is 2. The summed E-state index contributed by atoms with van der Waals surface area (Å²) in [4.78, 5) is 20.5. The predicted octanol–water partition coefficient (Wildman–Crippen LogP) is 3.75. The Hall–Kier alpha value is -1.89. The average Bonchev–Trinajstić information content (AvgIpc) is 3.18. The third-order valence-corrected chi connectivity index (χ3v) is 6.16. The molecule has 1 saturated heterocycles. The Morgan fingerprint density at radius 2 is 2.23 bits per heavy atom. The fourth-order valence-corrected chi connectivity index (χ4v) is 4.30. The zero-order valence-corrected chi connectivity index (χ0v) is 15.8. The molecule has 0 radical (unpaired) electrons. The number of carbonyl (C=O) groups is 1. The van der Waals surface area contributed by atoms with Gasteiger partial charge in [-0.15, -0.1) is 11.3 Å². The second-order valence-electron chi connectivity index (χ2n) is 7.27. The Bertz CT molecular complexity index is 711. The van der Waals surface area contributed by atoms with Crippen LogP contribution in [-0.4, -0.2) is 40.2 Å². The molecule has 2 aliphatic rings. The highest BCUT2D eigenvalue weighted by molar-refractivity contribution is 7.09. The van der Waals surface area contributed by atoms with Crippen LogP contribution >= 0.6 is 11.3 Å². The number of nitrogens with zero attached hydrogens (tertiary/aromatic N) is 3. The number of piperidine rings is 1. The van der Waals surface area contributed by atoms with Crippen LogP contribution in [0, 0.1) is 0 Å². The SMILES string of the molecule is O=C(NCCc1noc(C2CC2)n1)N1CCCC[C@@H]1CCc1cccs1. The molecule has 0 aromatic carbocycles. The number of likely N-dealkylation sites (tertiary alicyclic amines) is 1. The first-order valence-corrected chi connectivity index (χ1v) is 10.6. The lowest BCUT2D eigenvalue weighted by Crippen LogP contribution is -2.49. The molecule has 1 N–H and O–H groups in total. The maximum atomic E-state index is 12.6.